The van der Waals surface area contributed by atoms with Crippen LogP contribution in [0.5, 0.6) is 0 Å². The van der Waals surface area contributed by atoms with Crippen LogP contribution in [0.25, 0.3) is 11.5 Å². The van der Waals surface area contributed by atoms with Crippen LogP contribution in [0.3, 0.4) is 0 Å². The second-order valence-corrected chi connectivity index (χ2v) is 10.6. The Morgan fingerprint density at radius 3 is 2.43 bits per heavy atom. The van der Waals surface area contributed by atoms with Gasteiger partial charge in [0.15, 0.2) is 0 Å². The Balaban J connectivity index is 1.13. The van der Waals surface area contributed by atoms with Crippen molar-refractivity contribution < 1.29 is 14.0 Å². The van der Waals surface area contributed by atoms with E-state index >= 15 is 0 Å². The van der Waals surface area contributed by atoms with Gasteiger partial charge in [-0.05, 0) is 84.3 Å². The zero-order chi connectivity index (χ0) is 20.7. The fraction of sp³-hybridized carbons (Fsp3) is 0.524. The van der Waals surface area contributed by atoms with Gasteiger partial charge >= 0.3 is 6.03 Å². The molecule has 4 fully saturated rings. The monoisotopic (exact) mass is 490 g/mol. The molecule has 3 amide bonds. The molecule has 1 aromatic heterocycles. The zero-order valence-electron chi connectivity index (χ0n) is 16.4. The van der Waals surface area contributed by atoms with Crippen LogP contribution in [0, 0.1) is 17.8 Å². The van der Waals surface area contributed by atoms with Crippen LogP contribution in [0.2, 0.25) is 0 Å². The molecule has 0 saturated heterocycles. The standard InChI is InChI=1S/C21H23BrN4O3S/c22-16-4-2-1-3-15(16)18-25-26-20(29-18)30-11-17(27)23-19(28)24-21-8-12-5-13(9-21)7-14(6-12)10-21/h1-4,12-14H,5-11H2,(H2,23,24,27,28). The minimum atomic E-state index is -0.387. The molecule has 4 aliphatic carbocycles. The van der Waals surface area contributed by atoms with Crippen molar-refractivity contribution >= 4 is 39.6 Å². The number of hydrogen-bond acceptors (Lipinski definition) is 6. The fourth-order valence-electron chi connectivity index (χ4n) is 5.84. The van der Waals surface area contributed by atoms with Crippen LogP contribution in [0.1, 0.15) is 38.5 Å². The number of hydrogen-bond donors (Lipinski definition) is 2. The van der Waals surface area contributed by atoms with Gasteiger partial charge < -0.3 is 9.73 Å². The largest absolute Gasteiger partial charge is 0.411 e. The maximum absolute atomic E-state index is 12.5. The quantitative estimate of drug-likeness (QED) is 0.603. The van der Waals surface area contributed by atoms with Crippen molar-refractivity contribution in [2.24, 2.45) is 17.8 Å². The molecule has 0 atom stereocenters. The van der Waals surface area contributed by atoms with Gasteiger partial charge in [-0.3, -0.25) is 10.1 Å². The topological polar surface area (TPSA) is 97.1 Å². The summed E-state index contributed by atoms with van der Waals surface area (Å²) in [7, 11) is 0. The van der Waals surface area contributed by atoms with Crippen molar-refractivity contribution in [3.63, 3.8) is 0 Å². The van der Waals surface area contributed by atoms with E-state index in [1.807, 2.05) is 24.3 Å². The first kappa shape index (κ1) is 20.1. The summed E-state index contributed by atoms with van der Waals surface area (Å²) in [6.07, 6.45) is 7.08. The second kappa shape index (κ2) is 8.00. The highest BCUT2D eigenvalue weighted by atomic mass is 79.9. The minimum Gasteiger partial charge on any atom is -0.411 e. The molecule has 0 unspecified atom stereocenters. The third kappa shape index (κ3) is 4.14. The normalized spacial score (nSPS) is 29.0. The van der Waals surface area contributed by atoms with Gasteiger partial charge in [-0.2, -0.15) is 0 Å². The summed E-state index contributed by atoms with van der Waals surface area (Å²) in [5, 5.41) is 13.9. The van der Waals surface area contributed by atoms with E-state index in [1.54, 1.807) is 0 Å². The summed E-state index contributed by atoms with van der Waals surface area (Å²) < 4.78 is 6.48. The molecule has 9 heteroatoms. The number of carbonyl (C=O) groups excluding carboxylic acids is 2. The van der Waals surface area contributed by atoms with E-state index in [1.165, 1.54) is 19.3 Å². The number of halogens is 1. The van der Waals surface area contributed by atoms with Crippen LogP contribution >= 0.6 is 27.7 Å². The number of imide groups is 1. The van der Waals surface area contributed by atoms with Crippen molar-refractivity contribution in [1.82, 2.24) is 20.8 Å². The number of rotatable bonds is 5. The van der Waals surface area contributed by atoms with Crippen LogP contribution in [0.4, 0.5) is 4.79 Å². The molecular weight excluding hydrogens is 468 g/mol. The van der Waals surface area contributed by atoms with Gasteiger partial charge in [0.1, 0.15) is 0 Å². The number of thioether (sulfide) groups is 1. The Kier molecular flexibility index (Phi) is 5.35. The lowest BCUT2D eigenvalue weighted by atomic mass is 9.53. The van der Waals surface area contributed by atoms with Crippen LogP contribution < -0.4 is 10.6 Å². The fourth-order valence-corrected chi connectivity index (χ4v) is 6.85. The predicted molar refractivity (Wildman–Crippen MR) is 116 cm³/mol. The van der Waals surface area contributed by atoms with E-state index in [0.717, 1.165) is 58.8 Å². The average molecular weight is 491 g/mol. The first-order valence-corrected chi connectivity index (χ1v) is 12.1. The highest BCUT2D eigenvalue weighted by Crippen LogP contribution is 2.55. The highest BCUT2D eigenvalue weighted by Gasteiger charge is 2.51. The smallest absolute Gasteiger partial charge is 0.321 e. The molecule has 2 N–H and O–H groups in total. The number of amides is 3. The Labute approximate surface area is 187 Å². The number of nitrogens with one attached hydrogen (secondary N) is 2. The molecular formula is C21H23BrN4O3S. The molecule has 30 heavy (non-hydrogen) atoms. The molecule has 1 aromatic carbocycles. The first-order valence-electron chi connectivity index (χ1n) is 10.3. The van der Waals surface area contributed by atoms with Gasteiger partial charge in [0.2, 0.25) is 11.8 Å². The molecule has 4 bridgehead atoms. The number of carbonyl (C=O) groups is 2. The Hall–Kier alpha value is -1.87. The lowest BCUT2D eigenvalue weighted by Gasteiger charge is -2.56. The van der Waals surface area contributed by atoms with E-state index in [-0.39, 0.29) is 28.5 Å². The summed E-state index contributed by atoms with van der Waals surface area (Å²) in [6.45, 7) is 0. The van der Waals surface area contributed by atoms with E-state index in [9.17, 15) is 9.59 Å². The Morgan fingerprint density at radius 1 is 1.10 bits per heavy atom. The van der Waals surface area contributed by atoms with Crippen molar-refractivity contribution in [3.05, 3.63) is 28.7 Å². The van der Waals surface area contributed by atoms with Crippen LogP contribution in [-0.2, 0) is 4.79 Å². The molecule has 0 spiro atoms. The summed E-state index contributed by atoms with van der Waals surface area (Å²) in [5.74, 6) is 2.25. The van der Waals surface area contributed by atoms with Gasteiger partial charge in [-0.1, -0.05) is 23.9 Å². The number of aromatic nitrogens is 2. The molecule has 4 aliphatic rings. The molecule has 7 nitrogen and oxygen atoms in total. The van der Waals surface area contributed by atoms with Crippen LogP contribution in [0.15, 0.2) is 38.4 Å². The predicted octanol–water partition coefficient (Wildman–Crippen LogP) is 4.39. The Morgan fingerprint density at radius 2 is 1.77 bits per heavy atom. The summed E-state index contributed by atoms with van der Waals surface area (Å²) in [5.41, 5.74) is 0.674. The van der Waals surface area contributed by atoms with Gasteiger partial charge in [0.05, 0.1) is 11.3 Å². The molecule has 1 heterocycles. The van der Waals surface area contributed by atoms with E-state index in [4.69, 9.17) is 4.42 Å². The van der Waals surface area contributed by atoms with Gasteiger partial charge in [0, 0.05) is 10.0 Å². The summed E-state index contributed by atoms with van der Waals surface area (Å²) in [4.78, 5) is 24.7. The van der Waals surface area contributed by atoms with Crippen molar-refractivity contribution in [1.29, 1.82) is 0 Å². The molecule has 6 rings (SSSR count). The van der Waals surface area contributed by atoms with Crippen LogP contribution in [-0.4, -0.2) is 33.4 Å². The van der Waals surface area contributed by atoms with E-state index < -0.39 is 0 Å². The Bertz CT molecular complexity index is 943. The molecule has 0 aliphatic heterocycles. The second-order valence-electron chi connectivity index (χ2n) is 8.84. The first-order chi connectivity index (χ1) is 14.5. The summed E-state index contributed by atoms with van der Waals surface area (Å²) >= 11 is 4.57. The third-order valence-electron chi connectivity index (χ3n) is 6.51. The van der Waals surface area contributed by atoms with Gasteiger partial charge in [-0.15, -0.1) is 10.2 Å². The molecule has 158 valence electrons. The molecule has 4 saturated carbocycles. The SMILES string of the molecule is O=C(CSc1nnc(-c2ccccc2Br)o1)NC(=O)NC12CC3CC(CC(C3)C1)C2. The zero-order valence-corrected chi connectivity index (χ0v) is 18.8. The van der Waals surface area contributed by atoms with E-state index in [2.05, 4.69) is 36.8 Å². The lowest BCUT2D eigenvalue weighted by Crippen LogP contribution is -2.61. The van der Waals surface area contributed by atoms with Gasteiger partial charge in [0.25, 0.3) is 5.22 Å². The van der Waals surface area contributed by atoms with Crippen molar-refractivity contribution in [3.8, 4) is 11.5 Å². The summed E-state index contributed by atoms with van der Waals surface area (Å²) in [6, 6.07) is 7.16. The minimum absolute atomic E-state index is 0.0336. The van der Waals surface area contributed by atoms with E-state index in [0.29, 0.717) is 5.89 Å². The van der Waals surface area contributed by atoms with Crippen molar-refractivity contribution in [2.75, 3.05) is 5.75 Å². The molecule has 0 radical (unpaired) electrons. The maximum Gasteiger partial charge on any atom is 0.321 e. The number of urea groups is 1. The number of benzene rings is 1. The van der Waals surface area contributed by atoms with Gasteiger partial charge in [-0.25, -0.2) is 4.79 Å². The third-order valence-corrected chi connectivity index (χ3v) is 8.02. The number of nitrogens with zero attached hydrogens (tertiary/aromatic N) is 2. The molecule has 2 aromatic rings. The average Bonchev–Trinajstić information content (AvgIpc) is 3.14. The highest BCUT2D eigenvalue weighted by molar-refractivity contribution is 9.10. The lowest BCUT2D eigenvalue weighted by molar-refractivity contribution is -0.117. The van der Waals surface area contributed by atoms with Crippen molar-refractivity contribution in [2.45, 2.75) is 49.3 Å². The maximum atomic E-state index is 12.5.